The van der Waals surface area contributed by atoms with E-state index in [1.165, 1.54) is 6.26 Å². The second-order valence-corrected chi connectivity index (χ2v) is 13.2. The van der Waals surface area contributed by atoms with E-state index in [0.29, 0.717) is 13.1 Å². The van der Waals surface area contributed by atoms with Crippen LogP contribution in [0.15, 0.2) is 84.2 Å². The number of fused-ring (bicyclic) bond motifs is 3. The molecule has 5 heterocycles. The van der Waals surface area contributed by atoms with Gasteiger partial charge in [0, 0.05) is 56.1 Å². The SMILES string of the molecule is Cn1cc(-c2ccc(-c3ccc4ncc5c(c4c3)n(-c3ccc(C4CCN(S(C)(=O)=O)CC4)cc3)c(=O)n5C)cn2)cn1. The molecule has 0 atom stereocenters. The maximum absolute atomic E-state index is 13.6. The first-order valence-corrected chi connectivity index (χ1v) is 16.0. The molecule has 0 spiro atoms. The standard InChI is InChI=1S/C32H31N7O3S/c1-36-20-25(18-35-36)28-10-7-24(17-33-28)23-6-11-29-27(16-23)31-30(19-34-29)37(2)32(40)39(31)26-8-4-21(5-9-26)22-12-14-38(15-13-22)43(3,41)42/h4-11,16-20,22H,12-15H2,1-3H3. The van der Waals surface area contributed by atoms with Crippen LogP contribution in [-0.2, 0) is 24.1 Å². The van der Waals surface area contributed by atoms with Crippen molar-refractivity contribution < 1.29 is 8.42 Å². The summed E-state index contributed by atoms with van der Waals surface area (Å²) in [4.78, 5) is 22.9. The molecule has 0 bridgehead atoms. The van der Waals surface area contributed by atoms with E-state index < -0.39 is 10.0 Å². The summed E-state index contributed by atoms with van der Waals surface area (Å²) in [6, 6.07) is 18.2. The summed E-state index contributed by atoms with van der Waals surface area (Å²) in [5.41, 5.74) is 7.87. The highest BCUT2D eigenvalue weighted by molar-refractivity contribution is 7.88. The Morgan fingerprint density at radius 1 is 0.837 bits per heavy atom. The number of nitrogens with zero attached hydrogens (tertiary/aromatic N) is 7. The lowest BCUT2D eigenvalue weighted by molar-refractivity contribution is 0.321. The summed E-state index contributed by atoms with van der Waals surface area (Å²) < 4.78 is 30.5. The summed E-state index contributed by atoms with van der Waals surface area (Å²) in [6.07, 6.45) is 10.2. The van der Waals surface area contributed by atoms with Crippen LogP contribution in [0.4, 0.5) is 0 Å². The Morgan fingerprint density at radius 3 is 2.23 bits per heavy atom. The van der Waals surface area contributed by atoms with Crippen LogP contribution in [0.1, 0.15) is 24.3 Å². The summed E-state index contributed by atoms with van der Waals surface area (Å²) in [7, 11) is 0.481. The van der Waals surface area contributed by atoms with Crippen LogP contribution in [0.2, 0.25) is 0 Å². The van der Waals surface area contributed by atoms with E-state index in [1.54, 1.807) is 37.6 Å². The zero-order chi connectivity index (χ0) is 29.9. The van der Waals surface area contributed by atoms with Gasteiger partial charge >= 0.3 is 5.69 Å². The van der Waals surface area contributed by atoms with Crippen LogP contribution in [0, 0.1) is 0 Å². The monoisotopic (exact) mass is 593 g/mol. The van der Waals surface area contributed by atoms with Gasteiger partial charge in [0.25, 0.3) is 0 Å². The summed E-state index contributed by atoms with van der Waals surface area (Å²) in [6.45, 7) is 1.05. The van der Waals surface area contributed by atoms with Gasteiger partial charge in [0.2, 0.25) is 10.0 Å². The molecule has 0 radical (unpaired) electrons. The van der Waals surface area contributed by atoms with Crippen LogP contribution in [-0.4, -0.2) is 61.0 Å². The number of rotatable bonds is 5. The van der Waals surface area contributed by atoms with Crippen molar-refractivity contribution >= 4 is 32.0 Å². The molecule has 1 saturated heterocycles. The summed E-state index contributed by atoms with van der Waals surface area (Å²) in [5, 5.41) is 5.11. The molecule has 7 rings (SSSR count). The van der Waals surface area contributed by atoms with Crippen LogP contribution >= 0.6 is 0 Å². The second-order valence-electron chi connectivity index (χ2n) is 11.3. The molecule has 1 fully saturated rings. The number of aryl methyl sites for hydroxylation is 2. The minimum atomic E-state index is -3.17. The van der Waals surface area contributed by atoms with Gasteiger partial charge in [-0.15, -0.1) is 0 Å². The molecule has 4 aromatic heterocycles. The normalized spacial score (nSPS) is 15.0. The van der Waals surface area contributed by atoms with Gasteiger partial charge in [-0.05, 0) is 60.2 Å². The molecule has 1 aliphatic rings. The molecular formula is C32H31N7O3S. The molecule has 6 aromatic rings. The Bertz CT molecular complexity index is 2150. The Balaban J connectivity index is 1.26. The zero-order valence-corrected chi connectivity index (χ0v) is 25.0. The maximum atomic E-state index is 13.6. The number of imidazole rings is 1. The van der Waals surface area contributed by atoms with Gasteiger partial charge < -0.3 is 0 Å². The average Bonchev–Trinajstić information content (AvgIpc) is 3.57. The quantitative estimate of drug-likeness (QED) is 0.292. The van der Waals surface area contributed by atoms with Crippen LogP contribution < -0.4 is 5.69 Å². The molecule has 1 aliphatic heterocycles. The fourth-order valence-electron chi connectivity index (χ4n) is 6.12. The predicted octanol–water partition coefficient (Wildman–Crippen LogP) is 4.48. The molecule has 0 unspecified atom stereocenters. The van der Waals surface area contributed by atoms with E-state index in [9.17, 15) is 13.2 Å². The van der Waals surface area contributed by atoms with Crippen molar-refractivity contribution in [2.24, 2.45) is 14.1 Å². The van der Waals surface area contributed by atoms with Crippen LogP contribution in [0.5, 0.6) is 0 Å². The van der Waals surface area contributed by atoms with Crippen molar-refractivity contribution in [3.05, 3.63) is 95.4 Å². The lowest BCUT2D eigenvalue weighted by Crippen LogP contribution is -2.37. The topological polar surface area (TPSA) is 108 Å². The molecule has 0 aliphatic carbocycles. The fourth-order valence-corrected chi connectivity index (χ4v) is 7.00. The average molecular weight is 594 g/mol. The second kappa shape index (κ2) is 10.3. The molecule has 0 saturated carbocycles. The van der Waals surface area contributed by atoms with Crippen molar-refractivity contribution in [2.45, 2.75) is 18.8 Å². The lowest BCUT2D eigenvalue weighted by Gasteiger charge is -2.30. The van der Waals surface area contributed by atoms with Crippen LogP contribution in [0.3, 0.4) is 0 Å². The molecule has 0 amide bonds. The number of piperidine rings is 1. The Labute approximate surface area is 248 Å². The summed E-state index contributed by atoms with van der Waals surface area (Å²) in [5.74, 6) is 0.280. The third-order valence-corrected chi connectivity index (χ3v) is 9.83. The Kier molecular flexibility index (Phi) is 6.51. The number of benzene rings is 2. The van der Waals surface area contributed by atoms with E-state index in [1.807, 2.05) is 55.8 Å². The third-order valence-electron chi connectivity index (χ3n) is 8.53. The molecular weight excluding hydrogens is 562 g/mol. The van der Waals surface area contributed by atoms with Gasteiger partial charge in [-0.25, -0.2) is 17.5 Å². The van der Waals surface area contributed by atoms with E-state index in [-0.39, 0.29) is 11.6 Å². The van der Waals surface area contributed by atoms with Gasteiger partial charge in [0.1, 0.15) is 0 Å². The number of sulfonamides is 1. The largest absolute Gasteiger partial charge is 0.333 e. The lowest BCUT2D eigenvalue weighted by atomic mass is 9.90. The molecule has 218 valence electrons. The smallest absolute Gasteiger partial charge is 0.293 e. The van der Waals surface area contributed by atoms with Crippen LogP contribution in [0.25, 0.3) is 50.0 Å². The van der Waals surface area contributed by atoms with Gasteiger partial charge in [0.05, 0.1) is 46.6 Å². The highest BCUT2D eigenvalue weighted by Gasteiger charge is 2.26. The predicted molar refractivity (Wildman–Crippen MR) is 168 cm³/mol. The van der Waals surface area contributed by atoms with Crippen molar-refractivity contribution in [1.29, 1.82) is 0 Å². The first-order valence-electron chi connectivity index (χ1n) is 14.2. The van der Waals surface area contributed by atoms with E-state index in [0.717, 1.165) is 68.4 Å². The van der Waals surface area contributed by atoms with Crippen molar-refractivity contribution in [2.75, 3.05) is 19.3 Å². The van der Waals surface area contributed by atoms with Crippen molar-refractivity contribution in [3.8, 4) is 28.1 Å². The molecule has 43 heavy (non-hydrogen) atoms. The van der Waals surface area contributed by atoms with Gasteiger partial charge in [-0.2, -0.15) is 5.10 Å². The fraction of sp³-hybridized carbons (Fsp3) is 0.250. The molecule has 0 N–H and O–H groups in total. The Hall–Kier alpha value is -4.61. The minimum Gasteiger partial charge on any atom is -0.293 e. The number of hydrogen-bond acceptors (Lipinski definition) is 6. The number of hydrogen-bond donors (Lipinski definition) is 0. The number of pyridine rings is 2. The maximum Gasteiger partial charge on any atom is 0.333 e. The van der Waals surface area contributed by atoms with Gasteiger partial charge in [-0.1, -0.05) is 24.3 Å². The highest BCUT2D eigenvalue weighted by atomic mass is 32.2. The van der Waals surface area contributed by atoms with Crippen molar-refractivity contribution in [3.63, 3.8) is 0 Å². The van der Waals surface area contributed by atoms with Gasteiger partial charge in [0.15, 0.2) is 0 Å². The molecule has 10 nitrogen and oxygen atoms in total. The first kappa shape index (κ1) is 27.2. The van der Waals surface area contributed by atoms with E-state index in [4.69, 9.17) is 0 Å². The number of aromatic nitrogens is 6. The Morgan fingerprint density at radius 2 is 1.58 bits per heavy atom. The van der Waals surface area contributed by atoms with E-state index >= 15 is 0 Å². The van der Waals surface area contributed by atoms with E-state index in [2.05, 4.69) is 33.3 Å². The summed E-state index contributed by atoms with van der Waals surface area (Å²) >= 11 is 0. The van der Waals surface area contributed by atoms with Crippen molar-refractivity contribution in [1.82, 2.24) is 33.2 Å². The first-order chi connectivity index (χ1) is 20.7. The minimum absolute atomic E-state index is 0.147. The molecule has 11 heteroatoms. The van der Waals surface area contributed by atoms with Gasteiger partial charge in [-0.3, -0.25) is 23.8 Å². The molecule has 2 aromatic carbocycles. The zero-order valence-electron chi connectivity index (χ0n) is 24.2. The third kappa shape index (κ3) is 4.84. The highest BCUT2D eigenvalue weighted by Crippen LogP contribution is 2.32.